The van der Waals surface area contributed by atoms with E-state index in [0.717, 1.165) is 42.5 Å². The summed E-state index contributed by atoms with van der Waals surface area (Å²) in [5.74, 6) is 1.90. The fourth-order valence-corrected chi connectivity index (χ4v) is 3.95. The van der Waals surface area contributed by atoms with Crippen molar-refractivity contribution in [2.24, 2.45) is 0 Å². The lowest BCUT2D eigenvalue weighted by Gasteiger charge is -2.32. The second-order valence-electron chi connectivity index (χ2n) is 6.19. The lowest BCUT2D eigenvalue weighted by molar-refractivity contribution is 0.365. The minimum Gasteiger partial charge on any atom is -0.355 e. The molecule has 25 heavy (non-hydrogen) atoms. The van der Waals surface area contributed by atoms with Gasteiger partial charge < -0.3 is 4.90 Å². The fourth-order valence-electron chi connectivity index (χ4n) is 3.15. The topological polar surface area (TPSA) is 46.8 Å². The van der Waals surface area contributed by atoms with Gasteiger partial charge in [0, 0.05) is 31.2 Å². The Balaban J connectivity index is 1.37. The van der Waals surface area contributed by atoms with Crippen LogP contribution in [0.4, 0.5) is 5.82 Å². The molecule has 1 fully saturated rings. The molecule has 4 rings (SSSR count). The van der Waals surface area contributed by atoms with E-state index < -0.39 is 0 Å². The number of aromatic nitrogens is 4. The van der Waals surface area contributed by atoms with E-state index in [1.54, 1.807) is 11.8 Å². The van der Waals surface area contributed by atoms with E-state index in [1.807, 2.05) is 30.7 Å². The molecule has 0 amide bonds. The summed E-state index contributed by atoms with van der Waals surface area (Å²) < 4.78 is 2.08. The largest absolute Gasteiger partial charge is 0.355 e. The molecule has 1 aromatic carbocycles. The van der Waals surface area contributed by atoms with Crippen molar-refractivity contribution in [1.29, 1.82) is 0 Å². The standard InChI is InChI=1S/C19H21N5S/c1-2-5-16(6-3-1)15-25-19-14-20-13-18(22-19)23-11-7-17(8-12-23)24-10-4-9-21-24/h1-6,9-10,13-14,17H,7-8,11-12,15H2. The molecule has 0 aliphatic carbocycles. The van der Waals surface area contributed by atoms with E-state index in [9.17, 15) is 0 Å². The number of anilines is 1. The maximum atomic E-state index is 4.80. The van der Waals surface area contributed by atoms with Crippen molar-refractivity contribution in [3.05, 3.63) is 66.7 Å². The van der Waals surface area contributed by atoms with Crippen LogP contribution in [-0.4, -0.2) is 32.8 Å². The van der Waals surface area contributed by atoms with Gasteiger partial charge in [-0.3, -0.25) is 9.67 Å². The van der Waals surface area contributed by atoms with Crippen molar-refractivity contribution >= 4 is 17.6 Å². The van der Waals surface area contributed by atoms with E-state index in [2.05, 4.69) is 50.1 Å². The van der Waals surface area contributed by atoms with E-state index in [0.29, 0.717) is 6.04 Å². The first-order valence-electron chi connectivity index (χ1n) is 8.61. The third-order valence-corrected chi connectivity index (χ3v) is 5.49. The number of piperidine rings is 1. The zero-order chi connectivity index (χ0) is 16.9. The average molecular weight is 351 g/mol. The van der Waals surface area contributed by atoms with Crippen LogP contribution in [0.5, 0.6) is 0 Å². The van der Waals surface area contributed by atoms with E-state index in [-0.39, 0.29) is 0 Å². The first kappa shape index (κ1) is 16.1. The SMILES string of the molecule is c1ccc(CSc2cncc(N3CCC(n4cccn4)CC3)n2)cc1. The van der Waals surface area contributed by atoms with E-state index in [1.165, 1.54) is 5.56 Å². The second kappa shape index (κ2) is 7.70. The maximum absolute atomic E-state index is 4.80. The van der Waals surface area contributed by atoms with Gasteiger partial charge in [0.1, 0.15) is 10.8 Å². The highest BCUT2D eigenvalue weighted by Gasteiger charge is 2.21. The van der Waals surface area contributed by atoms with Gasteiger partial charge in [-0.2, -0.15) is 5.10 Å². The number of thioether (sulfide) groups is 1. The monoisotopic (exact) mass is 351 g/mol. The Hall–Kier alpha value is -2.34. The summed E-state index contributed by atoms with van der Waals surface area (Å²) in [4.78, 5) is 11.5. The predicted molar refractivity (Wildman–Crippen MR) is 101 cm³/mol. The second-order valence-corrected chi connectivity index (χ2v) is 7.19. The first-order valence-corrected chi connectivity index (χ1v) is 9.60. The molecular formula is C19H21N5S. The van der Waals surface area contributed by atoms with Crippen LogP contribution in [0.2, 0.25) is 0 Å². The molecule has 1 aliphatic heterocycles. The summed E-state index contributed by atoms with van der Waals surface area (Å²) >= 11 is 1.74. The van der Waals surface area contributed by atoms with Crippen molar-refractivity contribution in [3.63, 3.8) is 0 Å². The van der Waals surface area contributed by atoms with Crippen LogP contribution < -0.4 is 4.90 Å². The molecule has 0 N–H and O–H groups in total. The van der Waals surface area contributed by atoms with Gasteiger partial charge in [0.05, 0.1) is 18.4 Å². The van der Waals surface area contributed by atoms with Crippen molar-refractivity contribution in [2.45, 2.75) is 29.7 Å². The Morgan fingerprint density at radius 2 is 1.88 bits per heavy atom. The third kappa shape index (κ3) is 4.02. The summed E-state index contributed by atoms with van der Waals surface area (Å²) in [5.41, 5.74) is 1.31. The van der Waals surface area contributed by atoms with Gasteiger partial charge in [-0.05, 0) is 24.5 Å². The maximum Gasteiger partial charge on any atom is 0.148 e. The van der Waals surface area contributed by atoms with Gasteiger partial charge in [-0.15, -0.1) is 11.8 Å². The predicted octanol–water partition coefficient (Wildman–Crippen LogP) is 3.81. The molecule has 128 valence electrons. The number of rotatable bonds is 5. The lowest BCUT2D eigenvalue weighted by atomic mass is 10.1. The Morgan fingerprint density at radius 1 is 1.04 bits per heavy atom. The molecule has 0 bridgehead atoms. The molecule has 0 spiro atoms. The summed E-state index contributed by atoms with van der Waals surface area (Å²) in [5, 5.41) is 5.35. The van der Waals surface area contributed by atoms with E-state index >= 15 is 0 Å². The number of nitrogens with zero attached hydrogens (tertiary/aromatic N) is 5. The average Bonchev–Trinajstić information content (AvgIpc) is 3.22. The zero-order valence-electron chi connectivity index (χ0n) is 14.0. The minimum absolute atomic E-state index is 0.495. The number of benzene rings is 1. The summed E-state index contributed by atoms with van der Waals surface area (Å²) in [6.07, 6.45) is 9.82. The lowest BCUT2D eigenvalue weighted by Crippen LogP contribution is -2.35. The van der Waals surface area contributed by atoms with Crippen LogP contribution in [0.3, 0.4) is 0 Å². The highest BCUT2D eigenvalue weighted by atomic mass is 32.2. The number of hydrogen-bond donors (Lipinski definition) is 0. The molecule has 3 heterocycles. The number of hydrogen-bond acceptors (Lipinski definition) is 5. The minimum atomic E-state index is 0.495. The Kier molecular flexibility index (Phi) is 4.97. The van der Waals surface area contributed by atoms with Crippen LogP contribution in [-0.2, 0) is 5.75 Å². The fraction of sp³-hybridized carbons (Fsp3) is 0.316. The van der Waals surface area contributed by atoms with Crippen LogP contribution >= 0.6 is 11.8 Å². The first-order chi connectivity index (χ1) is 12.4. The molecule has 6 heteroatoms. The zero-order valence-corrected chi connectivity index (χ0v) is 14.8. The molecular weight excluding hydrogens is 330 g/mol. The smallest absolute Gasteiger partial charge is 0.148 e. The Bertz CT molecular complexity index is 783. The molecule has 3 aromatic rings. The van der Waals surface area contributed by atoms with Gasteiger partial charge in [0.15, 0.2) is 0 Å². The summed E-state index contributed by atoms with van der Waals surface area (Å²) in [6, 6.07) is 13.0. The van der Waals surface area contributed by atoms with Crippen molar-refractivity contribution in [2.75, 3.05) is 18.0 Å². The summed E-state index contributed by atoms with van der Waals surface area (Å²) in [6.45, 7) is 1.98. The van der Waals surface area contributed by atoms with Crippen LogP contribution in [0.1, 0.15) is 24.4 Å². The van der Waals surface area contributed by atoms with Gasteiger partial charge in [0.2, 0.25) is 0 Å². The Labute approximate surface area is 152 Å². The normalized spacial score (nSPS) is 15.4. The third-order valence-electron chi connectivity index (χ3n) is 4.52. The molecule has 1 saturated heterocycles. The van der Waals surface area contributed by atoms with Crippen LogP contribution in [0.25, 0.3) is 0 Å². The van der Waals surface area contributed by atoms with Gasteiger partial charge in [-0.1, -0.05) is 30.3 Å². The van der Waals surface area contributed by atoms with E-state index in [4.69, 9.17) is 4.98 Å². The van der Waals surface area contributed by atoms with Crippen molar-refractivity contribution in [3.8, 4) is 0 Å². The molecule has 0 radical (unpaired) electrons. The van der Waals surface area contributed by atoms with Crippen molar-refractivity contribution < 1.29 is 0 Å². The molecule has 1 aliphatic rings. The molecule has 0 unspecified atom stereocenters. The quantitative estimate of drug-likeness (QED) is 0.654. The van der Waals surface area contributed by atoms with Crippen LogP contribution in [0, 0.1) is 0 Å². The van der Waals surface area contributed by atoms with Gasteiger partial charge >= 0.3 is 0 Å². The van der Waals surface area contributed by atoms with Gasteiger partial charge in [-0.25, -0.2) is 4.98 Å². The summed E-state index contributed by atoms with van der Waals surface area (Å²) in [7, 11) is 0. The molecule has 0 atom stereocenters. The Morgan fingerprint density at radius 3 is 2.64 bits per heavy atom. The highest BCUT2D eigenvalue weighted by molar-refractivity contribution is 7.98. The van der Waals surface area contributed by atoms with Crippen LogP contribution in [0.15, 0.2) is 66.2 Å². The molecule has 2 aromatic heterocycles. The van der Waals surface area contributed by atoms with Crippen molar-refractivity contribution in [1.82, 2.24) is 19.7 Å². The molecule has 0 saturated carbocycles. The highest BCUT2D eigenvalue weighted by Crippen LogP contribution is 2.27. The molecule has 5 nitrogen and oxygen atoms in total. The van der Waals surface area contributed by atoms with Gasteiger partial charge in [0.25, 0.3) is 0 Å².